The summed E-state index contributed by atoms with van der Waals surface area (Å²) in [6.07, 6.45) is 80.2. The van der Waals surface area contributed by atoms with Crippen LogP contribution >= 0.6 is 0 Å². The van der Waals surface area contributed by atoms with Crippen LogP contribution in [0.4, 0.5) is 0 Å². The lowest BCUT2D eigenvalue weighted by atomic mass is 10.0. The van der Waals surface area contributed by atoms with E-state index in [4.69, 9.17) is 14.2 Å². The van der Waals surface area contributed by atoms with E-state index in [2.05, 4.69) is 106 Å². The molecule has 73 heavy (non-hydrogen) atoms. The van der Waals surface area contributed by atoms with Crippen molar-refractivity contribution in [3.8, 4) is 0 Å². The number of allylic oxidation sites excluding steroid dienone is 14. The van der Waals surface area contributed by atoms with Crippen LogP contribution in [-0.2, 0) is 28.6 Å². The van der Waals surface area contributed by atoms with Gasteiger partial charge in [-0.05, 0) is 89.9 Å². The normalized spacial score (nSPS) is 12.6. The molecule has 6 nitrogen and oxygen atoms in total. The minimum atomic E-state index is -0.800. The van der Waals surface area contributed by atoms with Crippen molar-refractivity contribution in [3.63, 3.8) is 0 Å². The van der Waals surface area contributed by atoms with Crippen molar-refractivity contribution in [3.05, 3.63) is 85.1 Å². The van der Waals surface area contributed by atoms with E-state index >= 15 is 0 Å². The number of carbonyl (C=O) groups excluding carboxylic acids is 3. The molecule has 0 aromatic rings. The largest absolute Gasteiger partial charge is 0.462 e. The van der Waals surface area contributed by atoms with Gasteiger partial charge in [0, 0.05) is 19.3 Å². The van der Waals surface area contributed by atoms with Gasteiger partial charge in [0.2, 0.25) is 0 Å². The Kier molecular flexibility index (Phi) is 58.3. The zero-order chi connectivity index (χ0) is 52.9. The van der Waals surface area contributed by atoms with Gasteiger partial charge in [0.25, 0.3) is 0 Å². The van der Waals surface area contributed by atoms with Gasteiger partial charge >= 0.3 is 17.9 Å². The van der Waals surface area contributed by atoms with Gasteiger partial charge in [-0.1, -0.05) is 279 Å². The van der Waals surface area contributed by atoms with Crippen molar-refractivity contribution < 1.29 is 28.6 Å². The summed E-state index contributed by atoms with van der Waals surface area (Å²) in [5, 5.41) is 0. The van der Waals surface area contributed by atoms with Crippen LogP contribution in [-0.4, -0.2) is 37.2 Å². The molecule has 0 rings (SSSR count). The topological polar surface area (TPSA) is 78.9 Å². The van der Waals surface area contributed by atoms with Crippen LogP contribution in [0, 0.1) is 0 Å². The third-order valence-electron chi connectivity index (χ3n) is 13.4. The molecule has 0 aliphatic rings. The number of hydrogen-bond donors (Lipinski definition) is 0. The second-order valence-electron chi connectivity index (χ2n) is 20.6. The Hall–Kier alpha value is -3.41. The molecular weight excluding hydrogens is 901 g/mol. The monoisotopic (exact) mass is 1020 g/mol. The summed E-state index contributed by atoms with van der Waals surface area (Å²) in [6, 6.07) is 0. The molecule has 0 spiro atoms. The third kappa shape index (κ3) is 59.3. The Morgan fingerprint density at radius 1 is 0.288 bits per heavy atom. The Labute approximate surface area is 452 Å². The zero-order valence-corrected chi connectivity index (χ0v) is 48.1. The first-order chi connectivity index (χ1) is 36.0. The summed E-state index contributed by atoms with van der Waals surface area (Å²) >= 11 is 0. The summed E-state index contributed by atoms with van der Waals surface area (Å²) in [5.41, 5.74) is 0. The van der Waals surface area contributed by atoms with E-state index in [9.17, 15) is 14.4 Å². The molecule has 0 saturated carbocycles. The van der Waals surface area contributed by atoms with E-state index in [-0.39, 0.29) is 37.5 Å². The van der Waals surface area contributed by atoms with Gasteiger partial charge in [-0.3, -0.25) is 14.4 Å². The number of esters is 3. The first-order valence-corrected chi connectivity index (χ1v) is 31.1. The Bertz CT molecular complexity index is 1400. The minimum Gasteiger partial charge on any atom is -0.462 e. The Balaban J connectivity index is 4.36. The summed E-state index contributed by atoms with van der Waals surface area (Å²) in [7, 11) is 0. The maximum Gasteiger partial charge on any atom is 0.306 e. The molecule has 0 N–H and O–H groups in total. The van der Waals surface area contributed by atoms with Gasteiger partial charge < -0.3 is 14.2 Å². The van der Waals surface area contributed by atoms with Gasteiger partial charge in [-0.2, -0.15) is 0 Å². The van der Waals surface area contributed by atoms with Crippen molar-refractivity contribution in [2.24, 2.45) is 0 Å². The van der Waals surface area contributed by atoms with Gasteiger partial charge in [0.15, 0.2) is 6.10 Å². The number of carbonyl (C=O) groups is 3. The van der Waals surface area contributed by atoms with Crippen molar-refractivity contribution >= 4 is 17.9 Å². The molecule has 0 radical (unpaired) electrons. The van der Waals surface area contributed by atoms with Gasteiger partial charge in [0.1, 0.15) is 13.2 Å². The maximum absolute atomic E-state index is 12.9. The van der Waals surface area contributed by atoms with E-state index in [1.807, 2.05) is 0 Å². The molecule has 0 aliphatic heterocycles. The molecule has 0 saturated heterocycles. The van der Waals surface area contributed by atoms with E-state index < -0.39 is 6.10 Å². The highest BCUT2D eigenvalue weighted by molar-refractivity contribution is 5.71. The molecule has 420 valence electrons. The standard InChI is InChI=1S/C67H116O6/c1-4-7-10-13-16-19-22-25-27-29-31-32-33-34-36-37-39-42-45-48-51-54-57-60-66(69)72-63-64(62-71-65(68)59-56-53-50-47-44-41-24-21-18-15-12-9-6-3)73-67(70)61-58-55-52-49-46-43-40-38-35-30-28-26-23-20-17-14-11-8-5-2/h8,11-12,15,17,20-21,24,26,28,35,38,43,46,64H,4-7,9-10,13-14,16,18-19,22-23,25,27,29-34,36-37,39-42,44-45,47-63H2,1-3H3/b11-8-,15-12-,20-17-,24-21-,28-26-,38-35-,46-43-. The second kappa shape index (κ2) is 61.1. The summed E-state index contributed by atoms with van der Waals surface area (Å²) in [5.74, 6) is -0.929. The molecule has 0 bridgehead atoms. The smallest absolute Gasteiger partial charge is 0.306 e. The fourth-order valence-electron chi connectivity index (χ4n) is 8.74. The predicted molar refractivity (Wildman–Crippen MR) is 316 cm³/mol. The lowest BCUT2D eigenvalue weighted by molar-refractivity contribution is -0.167. The Morgan fingerprint density at radius 3 is 0.904 bits per heavy atom. The van der Waals surface area contributed by atoms with Crippen LogP contribution in [0.5, 0.6) is 0 Å². The van der Waals surface area contributed by atoms with Crippen LogP contribution in [0.25, 0.3) is 0 Å². The molecule has 6 heteroatoms. The SMILES string of the molecule is CC/C=C\C/C=C\C/C=C\C/C=C\C/C=C\CCCCCC(=O)OC(COC(=O)CCCCCCC/C=C\C/C=C\CCC)COC(=O)CCCCCCCCCCCCCCCCCCCCCCCCC. The summed E-state index contributed by atoms with van der Waals surface area (Å²) in [4.78, 5) is 38.2. The Morgan fingerprint density at radius 2 is 0.562 bits per heavy atom. The zero-order valence-electron chi connectivity index (χ0n) is 48.1. The third-order valence-corrected chi connectivity index (χ3v) is 13.4. The van der Waals surface area contributed by atoms with E-state index in [0.717, 1.165) is 128 Å². The number of hydrogen-bond acceptors (Lipinski definition) is 6. The van der Waals surface area contributed by atoms with Crippen LogP contribution < -0.4 is 0 Å². The minimum absolute atomic E-state index is 0.0925. The molecule has 0 aliphatic carbocycles. The number of rotatable bonds is 56. The predicted octanol–water partition coefficient (Wildman–Crippen LogP) is 21.1. The van der Waals surface area contributed by atoms with Crippen LogP contribution in [0.1, 0.15) is 303 Å². The van der Waals surface area contributed by atoms with Crippen molar-refractivity contribution in [2.45, 2.75) is 309 Å². The fraction of sp³-hybridized carbons (Fsp3) is 0.746. The molecule has 0 aromatic carbocycles. The van der Waals surface area contributed by atoms with Crippen molar-refractivity contribution in [1.29, 1.82) is 0 Å². The molecule has 0 aromatic heterocycles. The van der Waals surface area contributed by atoms with Gasteiger partial charge in [-0.25, -0.2) is 0 Å². The quantitative estimate of drug-likeness (QED) is 0.0261. The highest BCUT2D eigenvalue weighted by Gasteiger charge is 2.19. The molecule has 1 unspecified atom stereocenters. The summed E-state index contributed by atoms with van der Waals surface area (Å²) in [6.45, 7) is 6.45. The molecule has 1 atom stereocenters. The van der Waals surface area contributed by atoms with Gasteiger partial charge in [-0.15, -0.1) is 0 Å². The lowest BCUT2D eigenvalue weighted by Gasteiger charge is -2.18. The molecule has 0 fully saturated rings. The number of unbranched alkanes of at least 4 members (excludes halogenated alkanes) is 31. The average Bonchev–Trinajstić information content (AvgIpc) is 3.39. The maximum atomic E-state index is 12.9. The van der Waals surface area contributed by atoms with Crippen molar-refractivity contribution in [1.82, 2.24) is 0 Å². The highest BCUT2D eigenvalue weighted by Crippen LogP contribution is 2.17. The van der Waals surface area contributed by atoms with Gasteiger partial charge in [0.05, 0.1) is 0 Å². The highest BCUT2D eigenvalue weighted by atomic mass is 16.6. The lowest BCUT2D eigenvalue weighted by Crippen LogP contribution is -2.30. The number of ether oxygens (including phenoxy) is 3. The van der Waals surface area contributed by atoms with E-state index in [0.29, 0.717) is 12.8 Å². The molecule has 0 heterocycles. The van der Waals surface area contributed by atoms with Crippen LogP contribution in [0.15, 0.2) is 85.1 Å². The average molecular weight is 1020 g/mol. The van der Waals surface area contributed by atoms with E-state index in [1.54, 1.807) is 0 Å². The van der Waals surface area contributed by atoms with E-state index in [1.165, 1.54) is 135 Å². The second-order valence-corrected chi connectivity index (χ2v) is 20.6. The fourth-order valence-corrected chi connectivity index (χ4v) is 8.74. The molecule has 0 amide bonds. The van der Waals surface area contributed by atoms with Crippen molar-refractivity contribution in [2.75, 3.05) is 13.2 Å². The summed E-state index contributed by atoms with van der Waals surface area (Å²) < 4.78 is 16.9. The van der Waals surface area contributed by atoms with Crippen LogP contribution in [0.3, 0.4) is 0 Å². The molecular formula is C67H116O6. The first-order valence-electron chi connectivity index (χ1n) is 31.1. The van der Waals surface area contributed by atoms with Crippen LogP contribution in [0.2, 0.25) is 0 Å². The first kappa shape index (κ1) is 69.6.